The lowest BCUT2D eigenvalue weighted by atomic mass is 9.87. The number of amides is 3. The van der Waals surface area contributed by atoms with Gasteiger partial charge in [0, 0.05) is 56.1 Å². The largest absolute Gasteiger partial charge is 0.372 e. The maximum Gasteiger partial charge on any atom is 0.255 e. The molecule has 1 aromatic heterocycles. The third-order valence-electron chi connectivity index (χ3n) is 11.3. The summed E-state index contributed by atoms with van der Waals surface area (Å²) in [5.41, 5.74) is 18.6. The third-order valence-corrected chi connectivity index (χ3v) is 11.3. The van der Waals surface area contributed by atoms with Gasteiger partial charge in [0.15, 0.2) is 0 Å². The Hall–Kier alpha value is -4.69. The van der Waals surface area contributed by atoms with E-state index in [-0.39, 0.29) is 24.3 Å². The Balaban J connectivity index is 0.00000181. The van der Waals surface area contributed by atoms with Gasteiger partial charge in [-0.25, -0.2) is 0 Å². The Morgan fingerprint density at radius 1 is 0.870 bits per heavy atom. The average Bonchev–Trinajstić information content (AvgIpc) is 3.39. The van der Waals surface area contributed by atoms with Gasteiger partial charge in [0.2, 0.25) is 12.3 Å². The van der Waals surface area contributed by atoms with Crippen molar-refractivity contribution in [1.29, 1.82) is 0 Å². The molecule has 0 saturated heterocycles. The van der Waals surface area contributed by atoms with Crippen LogP contribution in [0.25, 0.3) is 11.3 Å². The van der Waals surface area contributed by atoms with Gasteiger partial charge in [-0.3, -0.25) is 14.4 Å². The van der Waals surface area contributed by atoms with Crippen LogP contribution in [-0.4, -0.2) is 64.2 Å². The maximum atomic E-state index is 15.0. The lowest BCUT2D eigenvalue weighted by Gasteiger charge is -2.36. The van der Waals surface area contributed by atoms with Crippen LogP contribution < -0.4 is 5.73 Å². The van der Waals surface area contributed by atoms with Gasteiger partial charge >= 0.3 is 0 Å². The van der Waals surface area contributed by atoms with E-state index in [9.17, 15) is 9.59 Å². The van der Waals surface area contributed by atoms with E-state index in [4.69, 9.17) is 4.79 Å². The van der Waals surface area contributed by atoms with Gasteiger partial charge < -0.3 is 25.0 Å². The monoisotopic (exact) mass is 731 g/mol. The molecule has 3 amide bonds. The summed E-state index contributed by atoms with van der Waals surface area (Å²) in [7, 11) is 6.32. The van der Waals surface area contributed by atoms with E-state index in [2.05, 4.69) is 130 Å². The van der Waals surface area contributed by atoms with Gasteiger partial charge in [0.1, 0.15) is 0 Å². The molecule has 2 aliphatic rings. The fraction of sp³-hybridized carbons (Fsp3) is 0.457. The van der Waals surface area contributed by atoms with Crippen LogP contribution in [0.4, 0.5) is 0 Å². The minimum absolute atomic E-state index is 0.0892. The number of unbranched alkanes of at least 4 members (excludes halogenated alkanes) is 2. The number of fused-ring (bicyclic) bond motifs is 2. The molecule has 8 heteroatoms. The molecule has 8 nitrogen and oxygen atoms in total. The SMILES string of the molecule is CCCCc1c(CCCC)c(-c2cc3c(cc2C(=O)N2Cc4ccccc4C[C@H]2C)CN(C(=O)Cc2cccc(CN(C)C)c2)CC3)n(C)c1C.NC=O. The third kappa shape index (κ3) is 9.15. The molecule has 3 heterocycles. The molecule has 1 atom stereocenters. The minimum Gasteiger partial charge on any atom is -0.372 e. The van der Waals surface area contributed by atoms with Crippen molar-refractivity contribution in [2.45, 2.75) is 111 Å². The van der Waals surface area contributed by atoms with Crippen LogP contribution in [0.2, 0.25) is 0 Å². The fourth-order valence-corrected chi connectivity index (χ4v) is 8.38. The minimum atomic E-state index is 0.0892. The first-order chi connectivity index (χ1) is 26.0. The normalized spacial score (nSPS) is 15.0. The van der Waals surface area contributed by atoms with Crippen molar-refractivity contribution in [3.05, 3.63) is 116 Å². The lowest BCUT2D eigenvalue weighted by molar-refractivity contribution is -0.131. The molecule has 0 unspecified atom stereocenters. The highest BCUT2D eigenvalue weighted by atomic mass is 16.2. The first-order valence-corrected chi connectivity index (χ1v) is 19.9. The van der Waals surface area contributed by atoms with Gasteiger partial charge in [-0.15, -0.1) is 0 Å². The van der Waals surface area contributed by atoms with E-state index >= 15 is 0 Å². The zero-order chi connectivity index (χ0) is 38.9. The molecule has 0 aliphatic carbocycles. The maximum absolute atomic E-state index is 15.0. The molecule has 2 aliphatic heterocycles. The van der Waals surface area contributed by atoms with Crippen molar-refractivity contribution < 1.29 is 14.4 Å². The second-order valence-electron chi connectivity index (χ2n) is 15.5. The van der Waals surface area contributed by atoms with E-state index in [1.54, 1.807) is 0 Å². The summed E-state index contributed by atoms with van der Waals surface area (Å²) in [6, 6.07) is 21.5. The summed E-state index contributed by atoms with van der Waals surface area (Å²) in [6.07, 6.45) is 8.93. The topological polar surface area (TPSA) is 91.9 Å². The van der Waals surface area contributed by atoms with Crippen LogP contribution in [0.1, 0.15) is 107 Å². The number of nitrogens with zero attached hydrogens (tertiary/aromatic N) is 4. The Labute approximate surface area is 323 Å². The first-order valence-electron chi connectivity index (χ1n) is 19.9. The van der Waals surface area contributed by atoms with Crippen LogP contribution in [-0.2, 0) is 68.4 Å². The molecule has 288 valence electrons. The number of carbonyl (C=O) groups excluding carboxylic acids is 3. The highest BCUT2D eigenvalue weighted by Gasteiger charge is 2.33. The van der Waals surface area contributed by atoms with Gasteiger partial charge in [0.05, 0.1) is 12.1 Å². The number of hydrogen-bond donors (Lipinski definition) is 1. The van der Waals surface area contributed by atoms with Crippen LogP contribution in [0.3, 0.4) is 0 Å². The molecule has 6 rings (SSSR count). The molecule has 0 saturated carbocycles. The number of benzene rings is 3. The molecule has 0 radical (unpaired) electrons. The zero-order valence-electron chi connectivity index (χ0n) is 33.7. The van der Waals surface area contributed by atoms with Gasteiger partial charge in [-0.2, -0.15) is 0 Å². The molecule has 0 bridgehead atoms. The van der Waals surface area contributed by atoms with Gasteiger partial charge in [-0.1, -0.05) is 75.2 Å². The van der Waals surface area contributed by atoms with Crippen molar-refractivity contribution in [2.24, 2.45) is 12.8 Å². The zero-order valence-corrected chi connectivity index (χ0v) is 33.7. The second-order valence-corrected chi connectivity index (χ2v) is 15.5. The number of primary amides is 1. The van der Waals surface area contributed by atoms with Crippen molar-refractivity contribution in [2.75, 3.05) is 20.6 Å². The summed E-state index contributed by atoms with van der Waals surface area (Å²) in [4.78, 5) is 43.6. The standard InChI is InChI=1S/C45H58N4O2.CH3NO/c1-8-10-19-39-32(4)47(7)44(40(39)20-11-9-2)41-26-36-21-22-48(43(50)25-33-15-14-16-34(24-33)28-46(5)6)29-38(36)27-42(41)45(51)49-30-37-18-13-12-17-35(37)23-31(49)3;2-1-3/h12-18,24,26-27,31H,8-11,19-23,25,28-30H2,1-7H3;1H,(H2,2,3)/t31-;/m1./s1. The molecular formula is C46H61N5O3. The number of rotatable bonds is 12. The van der Waals surface area contributed by atoms with E-state index in [1.807, 2.05) is 4.90 Å². The average molecular weight is 732 g/mol. The fourth-order valence-electron chi connectivity index (χ4n) is 8.38. The van der Waals surface area contributed by atoms with Crippen molar-refractivity contribution >= 4 is 18.2 Å². The van der Waals surface area contributed by atoms with Crippen molar-refractivity contribution in [1.82, 2.24) is 19.3 Å². The lowest BCUT2D eigenvalue weighted by Crippen LogP contribution is -2.43. The van der Waals surface area contributed by atoms with E-state index < -0.39 is 0 Å². The van der Waals surface area contributed by atoms with E-state index in [1.165, 1.54) is 44.8 Å². The number of aromatic nitrogens is 1. The second kappa shape index (κ2) is 18.6. The smallest absolute Gasteiger partial charge is 0.255 e. The molecular weight excluding hydrogens is 671 g/mol. The Bertz CT molecular complexity index is 1940. The summed E-state index contributed by atoms with van der Waals surface area (Å²) in [5, 5.41) is 0. The van der Waals surface area contributed by atoms with Crippen LogP contribution in [0, 0.1) is 6.92 Å². The number of hydrogen-bond acceptors (Lipinski definition) is 4. The summed E-state index contributed by atoms with van der Waals surface area (Å²) < 4.78 is 2.37. The van der Waals surface area contributed by atoms with Gasteiger partial charge in [-0.05, 0) is 123 Å². The van der Waals surface area contributed by atoms with Crippen molar-refractivity contribution in [3.63, 3.8) is 0 Å². The molecule has 0 fully saturated rings. The van der Waals surface area contributed by atoms with Crippen LogP contribution in [0.15, 0.2) is 60.7 Å². The number of nitrogens with two attached hydrogens (primary N) is 1. The molecule has 2 N–H and O–H groups in total. The van der Waals surface area contributed by atoms with Gasteiger partial charge in [0.25, 0.3) is 5.91 Å². The quantitative estimate of drug-likeness (QED) is 0.152. The molecule has 3 aromatic carbocycles. The number of carbonyl (C=O) groups is 3. The van der Waals surface area contributed by atoms with Crippen LogP contribution >= 0.6 is 0 Å². The summed E-state index contributed by atoms with van der Waals surface area (Å²) in [5.74, 6) is 0.229. The van der Waals surface area contributed by atoms with Crippen molar-refractivity contribution in [3.8, 4) is 11.3 Å². The Morgan fingerprint density at radius 2 is 1.54 bits per heavy atom. The van der Waals surface area contributed by atoms with E-state index in [0.29, 0.717) is 26.1 Å². The van der Waals surface area contributed by atoms with Crippen LogP contribution in [0.5, 0.6) is 0 Å². The summed E-state index contributed by atoms with van der Waals surface area (Å²) in [6.45, 7) is 11.6. The molecule has 54 heavy (non-hydrogen) atoms. The molecule has 0 spiro atoms. The Morgan fingerprint density at radius 3 is 2.22 bits per heavy atom. The van der Waals surface area contributed by atoms with E-state index in [0.717, 1.165) is 80.2 Å². The molecule has 4 aromatic rings. The predicted octanol–water partition coefficient (Wildman–Crippen LogP) is 7.56. The Kier molecular flexibility index (Phi) is 13.9. The highest BCUT2D eigenvalue weighted by Crippen LogP contribution is 2.39. The highest BCUT2D eigenvalue weighted by molar-refractivity contribution is 6.02. The summed E-state index contributed by atoms with van der Waals surface area (Å²) >= 11 is 0. The predicted molar refractivity (Wildman–Crippen MR) is 219 cm³/mol. The first kappa shape index (κ1) is 40.5.